The molecule has 0 aliphatic heterocycles. The molecule has 6 heteroatoms. The van der Waals surface area contributed by atoms with Gasteiger partial charge in [0.2, 0.25) is 5.91 Å². The fourth-order valence-electron chi connectivity index (χ4n) is 2.54. The van der Waals surface area contributed by atoms with Crippen molar-refractivity contribution in [1.82, 2.24) is 14.9 Å². The van der Waals surface area contributed by atoms with E-state index in [1.165, 1.54) is 0 Å². The van der Waals surface area contributed by atoms with E-state index in [0.29, 0.717) is 11.3 Å². The van der Waals surface area contributed by atoms with Gasteiger partial charge in [0.15, 0.2) is 0 Å². The minimum Gasteiger partial charge on any atom is -0.341 e. The Morgan fingerprint density at radius 2 is 1.92 bits per heavy atom. The Balaban J connectivity index is 1.64. The van der Waals surface area contributed by atoms with Gasteiger partial charge in [-0.05, 0) is 44.2 Å². The Labute approximate surface area is 151 Å². The first-order chi connectivity index (χ1) is 12.5. The SMILES string of the molecule is Cc1cccc(C(=O)N[C@H](C)C(=O)Nc2cccc(-n3ccnc3)c2)c1. The molecule has 0 bridgehead atoms. The van der Waals surface area contributed by atoms with Gasteiger partial charge in [-0.2, -0.15) is 0 Å². The van der Waals surface area contributed by atoms with E-state index in [4.69, 9.17) is 0 Å². The van der Waals surface area contributed by atoms with Crippen LogP contribution in [0.15, 0.2) is 67.3 Å². The molecule has 0 saturated heterocycles. The lowest BCUT2D eigenvalue weighted by atomic mass is 10.1. The Morgan fingerprint density at radius 1 is 1.12 bits per heavy atom. The third kappa shape index (κ3) is 4.16. The number of rotatable bonds is 5. The van der Waals surface area contributed by atoms with Crippen molar-refractivity contribution in [1.29, 1.82) is 0 Å². The van der Waals surface area contributed by atoms with E-state index in [9.17, 15) is 9.59 Å². The fourth-order valence-corrected chi connectivity index (χ4v) is 2.54. The van der Waals surface area contributed by atoms with Gasteiger partial charge in [0.25, 0.3) is 5.91 Å². The molecular formula is C20H20N4O2. The summed E-state index contributed by atoms with van der Waals surface area (Å²) in [6.45, 7) is 3.57. The number of anilines is 1. The zero-order chi connectivity index (χ0) is 18.5. The molecule has 1 heterocycles. The molecule has 0 unspecified atom stereocenters. The predicted octanol–water partition coefficient (Wildman–Crippen LogP) is 2.94. The summed E-state index contributed by atoms with van der Waals surface area (Å²) in [5, 5.41) is 5.54. The molecule has 2 aromatic carbocycles. The van der Waals surface area contributed by atoms with Gasteiger partial charge in [-0.25, -0.2) is 4.98 Å². The van der Waals surface area contributed by atoms with Crippen LogP contribution in [0.2, 0.25) is 0 Å². The molecule has 0 radical (unpaired) electrons. The van der Waals surface area contributed by atoms with Crippen LogP contribution in [-0.2, 0) is 4.79 Å². The van der Waals surface area contributed by atoms with Gasteiger partial charge >= 0.3 is 0 Å². The third-order valence-electron chi connectivity index (χ3n) is 3.94. The molecule has 0 saturated carbocycles. The molecule has 2 amide bonds. The summed E-state index contributed by atoms with van der Waals surface area (Å²) < 4.78 is 1.85. The number of carbonyl (C=O) groups is 2. The van der Waals surface area contributed by atoms with Gasteiger partial charge in [0, 0.05) is 29.3 Å². The number of carbonyl (C=O) groups excluding carboxylic acids is 2. The number of hydrogen-bond donors (Lipinski definition) is 2. The Kier molecular flexibility index (Phi) is 5.12. The molecule has 26 heavy (non-hydrogen) atoms. The second-order valence-corrected chi connectivity index (χ2v) is 6.07. The minimum atomic E-state index is -0.667. The van der Waals surface area contributed by atoms with Crippen LogP contribution in [0.25, 0.3) is 5.69 Å². The molecule has 0 fully saturated rings. The third-order valence-corrected chi connectivity index (χ3v) is 3.94. The van der Waals surface area contributed by atoms with Crippen molar-refractivity contribution in [3.8, 4) is 5.69 Å². The van der Waals surface area contributed by atoms with Crippen molar-refractivity contribution in [2.75, 3.05) is 5.32 Å². The number of hydrogen-bond acceptors (Lipinski definition) is 3. The summed E-state index contributed by atoms with van der Waals surface area (Å²) in [6.07, 6.45) is 5.20. The van der Waals surface area contributed by atoms with Crippen molar-refractivity contribution < 1.29 is 9.59 Å². The highest BCUT2D eigenvalue weighted by Crippen LogP contribution is 2.14. The molecule has 0 aliphatic rings. The quantitative estimate of drug-likeness (QED) is 0.744. The molecule has 132 valence electrons. The first-order valence-corrected chi connectivity index (χ1v) is 8.30. The summed E-state index contributed by atoms with van der Waals surface area (Å²) in [7, 11) is 0. The second-order valence-electron chi connectivity index (χ2n) is 6.07. The molecule has 6 nitrogen and oxygen atoms in total. The molecule has 1 atom stereocenters. The minimum absolute atomic E-state index is 0.275. The monoisotopic (exact) mass is 348 g/mol. The van der Waals surface area contributed by atoms with Crippen molar-refractivity contribution in [3.63, 3.8) is 0 Å². The van der Waals surface area contributed by atoms with Gasteiger partial charge in [-0.3, -0.25) is 9.59 Å². The zero-order valence-corrected chi connectivity index (χ0v) is 14.6. The standard InChI is InChI=1S/C20H20N4O2/c1-14-5-3-6-16(11-14)20(26)22-15(2)19(25)23-17-7-4-8-18(12-17)24-10-9-21-13-24/h3-13,15H,1-2H3,(H,22,26)(H,23,25)/t15-/m1/s1. The van der Waals surface area contributed by atoms with Crippen LogP contribution in [0.1, 0.15) is 22.8 Å². The van der Waals surface area contributed by atoms with E-state index in [1.807, 2.05) is 48.0 Å². The average molecular weight is 348 g/mol. The number of nitrogens with zero attached hydrogens (tertiary/aromatic N) is 2. The van der Waals surface area contributed by atoms with Crippen LogP contribution in [0.3, 0.4) is 0 Å². The van der Waals surface area contributed by atoms with Crippen molar-refractivity contribution in [2.45, 2.75) is 19.9 Å². The summed E-state index contributed by atoms with van der Waals surface area (Å²) in [5.41, 5.74) is 3.06. The summed E-state index contributed by atoms with van der Waals surface area (Å²) in [5.74, 6) is -0.558. The van der Waals surface area contributed by atoms with Crippen LogP contribution in [0.4, 0.5) is 5.69 Å². The summed E-state index contributed by atoms with van der Waals surface area (Å²) in [6, 6.07) is 14.0. The van der Waals surface area contributed by atoms with Gasteiger partial charge in [0.05, 0.1) is 6.33 Å². The van der Waals surface area contributed by atoms with Crippen LogP contribution in [0, 0.1) is 6.92 Å². The average Bonchev–Trinajstić information content (AvgIpc) is 3.16. The number of benzene rings is 2. The maximum absolute atomic E-state index is 12.4. The van der Waals surface area contributed by atoms with Crippen LogP contribution in [0.5, 0.6) is 0 Å². The predicted molar refractivity (Wildman–Crippen MR) is 100 cm³/mol. The van der Waals surface area contributed by atoms with Gasteiger partial charge in [0.1, 0.15) is 6.04 Å². The highest BCUT2D eigenvalue weighted by atomic mass is 16.2. The molecule has 2 N–H and O–H groups in total. The number of nitrogens with one attached hydrogen (secondary N) is 2. The van der Waals surface area contributed by atoms with Gasteiger partial charge < -0.3 is 15.2 Å². The second kappa shape index (κ2) is 7.65. The molecule has 3 rings (SSSR count). The first kappa shape index (κ1) is 17.4. The molecule has 0 aliphatic carbocycles. The number of aromatic nitrogens is 2. The van der Waals surface area contributed by atoms with E-state index in [0.717, 1.165) is 11.3 Å². The Morgan fingerprint density at radius 3 is 2.65 bits per heavy atom. The molecule has 3 aromatic rings. The van der Waals surface area contributed by atoms with Crippen molar-refractivity contribution in [2.24, 2.45) is 0 Å². The van der Waals surface area contributed by atoms with E-state index in [-0.39, 0.29) is 11.8 Å². The van der Waals surface area contributed by atoms with Crippen molar-refractivity contribution >= 4 is 17.5 Å². The van der Waals surface area contributed by atoms with E-state index in [1.54, 1.807) is 37.6 Å². The number of amides is 2. The Bertz CT molecular complexity index is 919. The highest BCUT2D eigenvalue weighted by Gasteiger charge is 2.17. The maximum atomic E-state index is 12.4. The van der Waals surface area contributed by atoms with Crippen LogP contribution >= 0.6 is 0 Å². The summed E-state index contributed by atoms with van der Waals surface area (Å²) >= 11 is 0. The maximum Gasteiger partial charge on any atom is 0.251 e. The van der Waals surface area contributed by atoms with E-state index < -0.39 is 6.04 Å². The zero-order valence-electron chi connectivity index (χ0n) is 14.6. The lowest BCUT2D eigenvalue weighted by Crippen LogP contribution is -2.41. The smallest absolute Gasteiger partial charge is 0.251 e. The van der Waals surface area contributed by atoms with Crippen LogP contribution in [-0.4, -0.2) is 27.4 Å². The molecule has 1 aromatic heterocycles. The Hall–Kier alpha value is -3.41. The topological polar surface area (TPSA) is 76.0 Å². The van der Waals surface area contributed by atoms with Gasteiger partial charge in [-0.15, -0.1) is 0 Å². The number of imidazole rings is 1. The van der Waals surface area contributed by atoms with E-state index >= 15 is 0 Å². The normalized spacial score (nSPS) is 11.6. The summed E-state index contributed by atoms with van der Waals surface area (Å²) in [4.78, 5) is 28.7. The first-order valence-electron chi connectivity index (χ1n) is 8.30. The highest BCUT2D eigenvalue weighted by molar-refractivity contribution is 6.01. The lowest BCUT2D eigenvalue weighted by molar-refractivity contribution is -0.117. The van der Waals surface area contributed by atoms with E-state index in [2.05, 4.69) is 15.6 Å². The lowest BCUT2D eigenvalue weighted by Gasteiger charge is -2.15. The van der Waals surface area contributed by atoms with Gasteiger partial charge in [-0.1, -0.05) is 23.8 Å². The fraction of sp³-hybridized carbons (Fsp3) is 0.150. The molecule has 0 spiro atoms. The largest absolute Gasteiger partial charge is 0.341 e. The molecular weight excluding hydrogens is 328 g/mol. The van der Waals surface area contributed by atoms with Crippen LogP contribution < -0.4 is 10.6 Å². The number of aryl methyl sites for hydroxylation is 1. The van der Waals surface area contributed by atoms with Crippen molar-refractivity contribution in [3.05, 3.63) is 78.4 Å².